The second-order valence-corrected chi connectivity index (χ2v) is 2.29. The molecule has 0 fully saturated rings. The molecule has 6 heteroatoms. The predicted molar refractivity (Wildman–Crippen MR) is 46.4 cm³/mol. The van der Waals surface area contributed by atoms with Gasteiger partial charge >= 0.3 is 67.4 Å². The Balaban J connectivity index is -0.000000245. The molecule has 1 N–H and O–H groups in total. The third-order valence-corrected chi connectivity index (χ3v) is 1.17. The molecule has 0 aliphatic heterocycles. The van der Waals surface area contributed by atoms with Crippen molar-refractivity contribution < 1.29 is 14.0 Å². The number of rotatable bonds is 4. The summed E-state index contributed by atoms with van der Waals surface area (Å²) in [4.78, 5) is 8.10. The first-order valence-corrected chi connectivity index (χ1v) is 3.89. The van der Waals surface area contributed by atoms with E-state index < -0.39 is 8.25 Å². The fraction of sp³-hybridized carbons (Fsp3) is 1.00. The van der Waals surface area contributed by atoms with E-state index in [9.17, 15) is 4.57 Å². The Morgan fingerprint density at radius 2 is 2.00 bits per heavy atom. The number of unbranched alkanes of at least 4 members (excludes halogenated alkanes) is 1. The molecule has 0 bridgehead atoms. The Morgan fingerprint density at radius 3 is 2.30 bits per heavy atom. The van der Waals surface area contributed by atoms with Gasteiger partial charge in [0.25, 0.3) is 0 Å². The summed E-state index contributed by atoms with van der Waals surface area (Å²) in [5.74, 6) is 0. The molecule has 0 rings (SSSR count). The van der Waals surface area contributed by atoms with E-state index in [2.05, 4.69) is 4.52 Å². The Morgan fingerprint density at radius 1 is 1.50 bits per heavy atom. The van der Waals surface area contributed by atoms with Crippen molar-refractivity contribution in [3.63, 3.8) is 0 Å². The zero-order chi connectivity index (χ0) is 6.41. The maximum absolute atomic E-state index is 9.84. The van der Waals surface area contributed by atoms with Crippen LogP contribution in [0.25, 0.3) is 0 Å². The molecule has 0 aliphatic rings. The van der Waals surface area contributed by atoms with Gasteiger partial charge in [-0.05, 0) is 6.42 Å². The van der Waals surface area contributed by atoms with Gasteiger partial charge in [-0.2, -0.15) is 0 Å². The monoisotopic (exact) mass is 186 g/mol. The van der Waals surface area contributed by atoms with Crippen LogP contribution in [-0.2, 0) is 9.09 Å². The maximum atomic E-state index is 9.84. The van der Waals surface area contributed by atoms with Crippen LogP contribution in [0.5, 0.6) is 0 Å². The summed E-state index contributed by atoms with van der Waals surface area (Å²) in [7, 11) is -2.66. The summed E-state index contributed by atoms with van der Waals surface area (Å²) in [6.07, 6.45) is 1.85. The van der Waals surface area contributed by atoms with E-state index in [1.807, 2.05) is 6.92 Å². The van der Waals surface area contributed by atoms with Gasteiger partial charge in [0.2, 0.25) is 0 Å². The van der Waals surface area contributed by atoms with Crippen molar-refractivity contribution in [3.05, 3.63) is 0 Å². The van der Waals surface area contributed by atoms with Crippen LogP contribution in [0.1, 0.15) is 19.8 Å². The molecular formula is C4H13Na2O3P. The molecule has 54 valence electrons. The first kappa shape index (κ1) is 18.0. The first-order chi connectivity index (χ1) is 3.77. The van der Waals surface area contributed by atoms with Gasteiger partial charge in [-0.15, -0.1) is 0 Å². The summed E-state index contributed by atoms with van der Waals surface area (Å²) < 4.78 is 14.2. The molecule has 0 aromatic rings. The Labute approximate surface area is 106 Å². The molecule has 0 radical (unpaired) electrons. The summed E-state index contributed by atoms with van der Waals surface area (Å²) >= 11 is 0. The van der Waals surface area contributed by atoms with Crippen LogP contribution in [0, 0.1) is 0 Å². The van der Waals surface area contributed by atoms with Crippen LogP contribution in [0.4, 0.5) is 0 Å². The first-order valence-electron chi connectivity index (χ1n) is 2.63. The van der Waals surface area contributed by atoms with Crippen LogP contribution in [0.15, 0.2) is 0 Å². The molecule has 0 spiro atoms. The summed E-state index contributed by atoms with van der Waals surface area (Å²) in [6.45, 7) is 2.41. The minimum atomic E-state index is -2.66. The van der Waals surface area contributed by atoms with Gasteiger partial charge in [-0.1, -0.05) is 13.3 Å². The van der Waals surface area contributed by atoms with E-state index in [0.29, 0.717) is 6.61 Å². The summed E-state index contributed by atoms with van der Waals surface area (Å²) in [5, 5.41) is 0. The third-order valence-electron chi connectivity index (χ3n) is 0.723. The van der Waals surface area contributed by atoms with Crippen LogP contribution < -0.4 is 0 Å². The topological polar surface area (TPSA) is 46.5 Å². The second-order valence-electron chi connectivity index (χ2n) is 1.47. The quantitative estimate of drug-likeness (QED) is 0.378. The second kappa shape index (κ2) is 13.7. The van der Waals surface area contributed by atoms with Crippen molar-refractivity contribution in [1.82, 2.24) is 0 Å². The van der Waals surface area contributed by atoms with Gasteiger partial charge in [0.15, 0.2) is 0 Å². The molecule has 0 heterocycles. The van der Waals surface area contributed by atoms with Crippen molar-refractivity contribution in [2.75, 3.05) is 6.61 Å². The summed E-state index contributed by atoms with van der Waals surface area (Å²) in [5.41, 5.74) is 0. The minimum absolute atomic E-state index is 0. The zero-order valence-electron chi connectivity index (χ0n) is 4.89. The van der Waals surface area contributed by atoms with Gasteiger partial charge in [-0.3, -0.25) is 4.57 Å². The van der Waals surface area contributed by atoms with Gasteiger partial charge in [0, 0.05) is 0 Å². The number of hydrogen-bond acceptors (Lipinski definition) is 2. The molecule has 0 saturated carbocycles. The van der Waals surface area contributed by atoms with Crippen molar-refractivity contribution in [2.24, 2.45) is 0 Å². The molecule has 1 atom stereocenters. The van der Waals surface area contributed by atoms with Crippen molar-refractivity contribution in [3.8, 4) is 0 Å². The van der Waals surface area contributed by atoms with Crippen molar-refractivity contribution in [2.45, 2.75) is 19.8 Å². The standard InChI is InChI=1S/C4H11O3P.2Na.2H/c1-2-3-4-7-8(5)6;;;;/h8H,2-4H2,1H3,(H,5,6);;;;. The fourth-order valence-corrected chi connectivity index (χ4v) is 0.623. The van der Waals surface area contributed by atoms with Gasteiger partial charge in [0.1, 0.15) is 0 Å². The SMILES string of the molecule is CCCCO[PH](=O)O.[NaH].[NaH]. The van der Waals surface area contributed by atoms with E-state index in [1.165, 1.54) is 0 Å². The molecule has 0 aliphatic carbocycles. The molecule has 0 amide bonds. The molecule has 10 heavy (non-hydrogen) atoms. The van der Waals surface area contributed by atoms with Crippen LogP contribution in [0.2, 0.25) is 0 Å². The zero-order valence-corrected chi connectivity index (χ0v) is 5.89. The number of hydrogen-bond donors (Lipinski definition) is 1. The Bertz CT molecular complexity index is 80.9. The average Bonchev–Trinajstić information content (AvgIpc) is 1.66. The fourth-order valence-electron chi connectivity index (χ4n) is 0.304. The summed E-state index contributed by atoms with van der Waals surface area (Å²) in [6, 6.07) is 0. The molecule has 1 unspecified atom stereocenters. The van der Waals surface area contributed by atoms with Crippen molar-refractivity contribution >= 4 is 67.4 Å². The van der Waals surface area contributed by atoms with E-state index in [4.69, 9.17) is 4.89 Å². The molecule has 0 saturated heterocycles. The van der Waals surface area contributed by atoms with Gasteiger partial charge in [0.05, 0.1) is 6.61 Å². The van der Waals surface area contributed by atoms with Gasteiger partial charge in [-0.25, -0.2) is 0 Å². The third kappa shape index (κ3) is 16.6. The molecule has 0 aromatic heterocycles. The van der Waals surface area contributed by atoms with Gasteiger partial charge < -0.3 is 9.42 Å². The Hall–Kier alpha value is 2.15. The molecule has 0 aromatic carbocycles. The van der Waals surface area contributed by atoms with Crippen LogP contribution >= 0.6 is 8.25 Å². The Kier molecular flexibility index (Phi) is 24.8. The molecule has 3 nitrogen and oxygen atoms in total. The predicted octanol–water partition coefficient (Wildman–Crippen LogP) is -0.112. The van der Waals surface area contributed by atoms with E-state index >= 15 is 0 Å². The normalized spacial score (nSPS) is 11.0. The van der Waals surface area contributed by atoms with E-state index in [1.54, 1.807) is 0 Å². The van der Waals surface area contributed by atoms with Crippen LogP contribution in [0.3, 0.4) is 0 Å². The average molecular weight is 186 g/mol. The molecular weight excluding hydrogens is 173 g/mol. The van der Waals surface area contributed by atoms with Crippen molar-refractivity contribution in [1.29, 1.82) is 0 Å². The van der Waals surface area contributed by atoms with Crippen LogP contribution in [-0.4, -0.2) is 70.6 Å². The van der Waals surface area contributed by atoms with E-state index in [-0.39, 0.29) is 59.1 Å². The van der Waals surface area contributed by atoms with E-state index in [0.717, 1.165) is 12.8 Å².